The molecule has 96 valence electrons. The predicted molar refractivity (Wildman–Crippen MR) is 70.8 cm³/mol. The minimum atomic E-state index is -0.425. The van der Waals surface area contributed by atoms with Crippen LogP contribution in [0.5, 0.6) is 0 Å². The monoisotopic (exact) mass is 255 g/mol. The lowest BCUT2D eigenvalue weighted by molar-refractivity contribution is -0.123. The summed E-state index contributed by atoms with van der Waals surface area (Å²) < 4.78 is 0. The number of nitrogens with two attached hydrogens (primary N) is 1. The molecule has 0 fully saturated rings. The topological polar surface area (TPSA) is 68.0 Å². The van der Waals surface area contributed by atoms with Gasteiger partial charge in [-0.3, -0.25) is 4.79 Å². The van der Waals surface area contributed by atoms with Gasteiger partial charge in [-0.05, 0) is 12.3 Å². The number of carbonyl (C=O) groups excluding carboxylic acids is 1. The first-order valence-electron chi connectivity index (χ1n) is 6.05. The van der Waals surface area contributed by atoms with Gasteiger partial charge in [-0.2, -0.15) is 0 Å². The van der Waals surface area contributed by atoms with Crippen molar-refractivity contribution in [1.29, 1.82) is 0 Å². The van der Waals surface area contributed by atoms with Crippen molar-refractivity contribution in [2.45, 2.75) is 46.2 Å². The molecule has 0 saturated carbocycles. The third kappa shape index (κ3) is 4.09. The van der Waals surface area contributed by atoms with E-state index >= 15 is 0 Å². The maximum absolute atomic E-state index is 11.7. The molecule has 1 aromatic heterocycles. The van der Waals surface area contributed by atoms with E-state index in [1.165, 1.54) is 4.88 Å². The Labute approximate surface area is 107 Å². The lowest BCUT2D eigenvalue weighted by Crippen LogP contribution is -2.44. The average Bonchev–Trinajstić information content (AvgIpc) is 2.81. The number of amides is 1. The molecule has 0 spiro atoms. The van der Waals surface area contributed by atoms with Gasteiger partial charge in [0.1, 0.15) is 5.01 Å². The summed E-state index contributed by atoms with van der Waals surface area (Å²) in [6.45, 7) is 6.59. The molecule has 3 N–H and O–H groups in total. The molecule has 1 aromatic rings. The molecule has 2 atom stereocenters. The molecule has 0 radical (unpaired) electrons. The fourth-order valence-electron chi connectivity index (χ4n) is 1.39. The molecule has 17 heavy (non-hydrogen) atoms. The Morgan fingerprint density at radius 1 is 1.59 bits per heavy atom. The number of aryl methyl sites for hydroxylation is 1. The highest BCUT2D eigenvalue weighted by Crippen LogP contribution is 2.13. The smallest absolute Gasteiger partial charge is 0.237 e. The number of carbonyl (C=O) groups is 1. The van der Waals surface area contributed by atoms with Crippen molar-refractivity contribution < 1.29 is 4.79 Å². The van der Waals surface area contributed by atoms with Gasteiger partial charge in [0, 0.05) is 11.1 Å². The third-order valence-corrected chi connectivity index (χ3v) is 4.07. The van der Waals surface area contributed by atoms with Gasteiger partial charge in [0.2, 0.25) is 5.91 Å². The highest BCUT2D eigenvalue weighted by atomic mass is 32.1. The summed E-state index contributed by atoms with van der Waals surface area (Å²) in [7, 11) is 0. The zero-order valence-corrected chi connectivity index (χ0v) is 11.5. The number of aromatic nitrogens is 1. The molecule has 5 heteroatoms. The average molecular weight is 255 g/mol. The number of nitrogens with one attached hydrogen (secondary N) is 1. The largest absolute Gasteiger partial charge is 0.348 e. The van der Waals surface area contributed by atoms with Crippen molar-refractivity contribution in [2.24, 2.45) is 11.7 Å². The van der Waals surface area contributed by atoms with Crippen LogP contribution in [-0.2, 0) is 17.8 Å². The maximum Gasteiger partial charge on any atom is 0.237 e. The van der Waals surface area contributed by atoms with E-state index in [9.17, 15) is 4.79 Å². The van der Waals surface area contributed by atoms with Gasteiger partial charge in [-0.25, -0.2) is 4.98 Å². The van der Waals surface area contributed by atoms with Gasteiger partial charge in [0.25, 0.3) is 0 Å². The molecule has 0 saturated heterocycles. The Morgan fingerprint density at radius 2 is 2.29 bits per heavy atom. The highest BCUT2D eigenvalue weighted by Gasteiger charge is 2.19. The fourth-order valence-corrected chi connectivity index (χ4v) is 2.19. The summed E-state index contributed by atoms with van der Waals surface area (Å²) >= 11 is 1.63. The normalized spacial score (nSPS) is 14.4. The SMILES string of the molecule is CCc1cnc(CNC(=O)[C@@H](N)C(C)CC)s1. The van der Waals surface area contributed by atoms with E-state index in [4.69, 9.17) is 5.73 Å². The first kappa shape index (κ1) is 14.1. The third-order valence-electron chi connectivity index (χ3n) is 2.92. The van der Waals surface area contributed by atoms with Gasteiger partial charge in [-0.1, -0.05) is 27.2 Å². The van der Waals surface area contributed by atoms with E-state index in [0.717, 1.165) is 17.8 Å². The number of hydrogen-bond acceptors (Lipinski definition) is 4. The molecule has 1 heterocycles. The van der Waals surface area contributed by atoms with Crippen molar-refractivity contribution in [3.05, 3.63) is 16.1 Å². The lowest BCUT2D eigenvalue weighted by Gasteiger charge is -2.17. The summed E-state index contributed by atoms with van der Waals surface area (Å²) in [4.78, 5) is 17.2. The first-order valence-corrected chi connectivity index (χ1v) is 6.87. The van der Waals surface area contributed by atoms with E-state index in [0.29, 0.717) is 6.54 Å². The second kappa shape index (κ2) is 6.71. The molecule has 0 aliphatic carbocycles. The second-order valence-electron chi connectivity index (χ2n) is 4.20. The van der Waals surface area contributed by atoms with Gasteiger partial charge < -0.3 is 11.1 Å². The molecule has 0 bridgehead atoms. The Balaban J connectivity index is 2.42. The van der Waals surface area contributed by atoms with Gasteiger partial charge in [-0.15, -0.1) is 11.3 Å². The van der Waals surface area contributed by atoms with E-state index in [2.05, 4.69) is 17.2 Å². The van der Waals surface area contributed by atoms with E-state index in [1.54, 1.807) is 11.3 Å². The maximum atomic E-state index is 11.7. The minimum Gasteiger partial charge on any atom is -0.348 e. The Hall–Kier alpha value is -0.940. The van der Waals surface area contributed by atoms with Crippen molar-refractivity contribution in [3.8, 4) is 0 Å². The molecule has 0 aromatic carbocycles. The predicted octanol–water partition coefficient (Wildman–Crippen LogP) is 1.70. The van der Waals surface area contributed by atoms with Crippen LogP contribution in [0.1, 0.15) is 37.1 Å². The number of rotatable bonds is 6. The van der Waals surface area contributed by atoms with Crippen molar-refractivity contribution >= 4 is 17.2 Å². The van der Waals surface area contributed by atoms with E-state index < -0.39 is 6.04 Å². The quantitative estimate of drug-likeness (QED) is 0.813. The molecule has 1 rings (SSSR count). The standard InChI is InChI=1S/C12H21N3OS/c1-4-8(3)11(13)12(16)15-7-10-14-6-9(5-2)17-10/h6,8,11H,4-5,7,13H2,1-3H3,(H,15,16)/t8?,11-/m0/s1. The summed E-state index contributed by atoms with van der Waals surface area (Å²) in [6.07, 6.45) is 3.75. The van der Waals surface area contributed by atoms with Crippen molar-refractivity contribution in [2.75, 3.05) is 0 Å². The molecule has 1 amide bonds. The second-order valence-corrected chi connectivity index (χ2v) is 5.40. The van der Waals surface area contributed by atoms with Crippen molar-refractivity contribution in [1.82, 2.24) is 10.3 Å². The minimum absolute atomic E-state index is 0.0902. The number of thiazole rings is 1. The van der Waals surface area contributed by atoms with Gasteiger partial charge in [0.05, 0.1) is 12.6 Å². The molecule has 4 nitrogen and oxygen atoms in total. The van der Waals surface area contributed by atoms with Crippen LogP contribution in [0.2, 0.25) is 0 Å². The van der Waals surface area contributed by atoms with E-state index in [-0.39, 0.29) is 11.8 Å². The zero-order valence-electron chi connectivity index (χ0n) is 10.7. The van der Waals surface area contributed by atoms with Crippen LogP contribution in [0.3, 0.4) is 0 Å². The van der Waals surface area contributed by atoms with Crippen LogP contribution < -0.4 is 11.1 Å². The first-order chi connectivity index (χ1) is 8.08. The molecule has 0 aliphatic heterocycles. The lowest BCUT2D eigenvalue weighted by atomic mass is 9.99. The van der Waals surface area contributed by atoms with Crippen LogP contribution in [0.25, 0.3) is 0 Å². The molecule has 1 unspecified atom stereocenters. The summed E-state index contributed by atoms with van der Waals surface area (Å²) in [5.41, 5.74) is 5.84. The van der Waals surface area contributed by atoms with E-state index in [1.807, 2.05) is 20.0 Å². The zero-order chi connectivity index (χ0) is 12.8. The summed E-state index contributed by atoms with van der Waals surface area (Å²) in [5.74, 6) is 0.116. The Morgan fingerprint density at radius 3 is 2.82 bits per heavy atom. The van der Waals surface area contributed by atoms with Gasteiger partial charge in [0.15, 0.2) is 0 Å². The van der Waals surface area contributed by atoms with Crippen LogP contribution in [0, 0.1) is 5.92 Å². The van der Waals surface area contributed by atoms with Crippen LogP contribution in [0.4, 0.5) is 0 Å². The summed E-state index contributed by atoms with van der Waals surface area (Å²) in [6, 6.07) is -0.425. The number of nitrogens with zero attached hydrogens (tertiary/aromatic N) is 1. The van der Waals surface area contributed by atoms with Crippen LogP contribution in [0.15, 0.2) is 6.20 Å². The molecular weight excluding hydrogens is 234 g/mol. The highest BCUT2D eigenvalue weighted by molar-refractivity contribution is 7.11. The molecule has 0 aliphatic rings. The van der Waals surface area contributed by atoms with Crippen LogP contribution >= 0.6 is 11.3 Å². The van der Waals surface area contributed by atoms with Crippen molar-refractivity contribution in [3.63, 3.8) is 0 Å². The Bertz CT molecular complexity index is 364. The van der Waals surface area contributed by atoms with Gasteiger partial charge >= 0.3 is 0 Å². The number of hydrogen-bond donors (Lipinski definition) is 2. The fraction of sp³-hybridized carbons (Fsp3) is 0.667. The summed E-state index contributed by atoms with van der Waals surface area (Å²) in [5, 5.41) is 3.77. The Kier molecular flexibility index (Phi) is 5.58. The molecular formula is C12H21N3OS. The van der Waals surface area contributed by atoms with Crippen LogP contribution in [-0.4, -0.2) is 16.9 Å².